The van der Waals surface area contributed by atoms with Gasteiger partial charge >= 0.3 is 0 Å². The van der Waals surface area contributed by atoms with E-state index in [1.54, 1.807) is 0 Å². The van der Waals surface area contributed by atoms with Gasteiger partial charge in [0, 0.05) is 6.54 Å². The lowest BCUT2D eigenvalue weighted by molar-refractivity contribution is 0.0750. The SMILES string of the molecule is Cl.c1cc2c(cc1OCCOCCN1CCCCC1)CCC2. The number of ether oxygens (including phenoxy) is 2. The van der Waals surface area contributed by atoms with Crippen LogP contribution in [0.2, 0.25) is 0 Å². The summed E-state index contributed by atoms with van der Waals surface area (Å²) in [5.41, 5.74) is 2.97. The van der Waals surface area contributed by atoms with Gasteiger partial charge in [-0.2, -0.15) is 0 Å². The van der Waals surface area contributed by atoms with Crippen molar-refractivity contribution in [2.24, 2.45) is 0 Å². The van der Waals surface area contributed by atoms with E-state index in [0.717, 1.165) is 18.9 Å². The number of likely N-dealkylation sites (tertiary alicyclic amines) is 1. The minimum atomic E-state index is 0. The number of rotatable bonds is 7. The van der Waals surface area contributed by atoms with E-state index in [1.165, 1.54) is 62.7 Å². The molecular formula is C18H28ClNO2. The molecule has 0 amide bonds. The van der Waals surface area contributed by atoms with Gasteiger partial charge in [0.25, 0.3) is 0 Å². The maximum atomic E-state index is 5.78. The second-order valence-electron chi connectivity index (χ2n) is 6.15. The van der Waals surface area contributed by atoms with Crippen LogP contribution in [0.5, 0.6) is 5.75 Å². The van der Waals surface area contributed by atoms with Crippen LogP contribution in [0.15, 0.2) is 18.2 Å². The Morgan fingerprint density at radius 3 is 2.55 bits per heavy atom. The molecule has 124 valence electrons. The lowest BCUT2D eigenvalue weighted by Gasteiger charge is -2.26. The van der Waals surface area contributed by atoms with Crippen LogP contribution >= 0.6 is 12.4 Å². The van der Waals surface area contributed by atoms with Crippen LogP contribution in [0, 0.1) is 0 Å². The van der Waals surface area contributed by atoms with Gasteiger partial charge in [-0.05, 0) is 68.5 Å². The van der Waals surface area contributed by atoms with Gasteiger partial charge in [0.2, 0.25) is 0 Å². The van der Waals surface area contributed by atoms with Crippen LogP contribution in [-0.2, 0) is 17.6 Å². The van der Waals surface area contributed by atoms with Gasteiger partial charge in [-0.25, -0.2) is 0 Å². The van der Waals surface area contributed by atoms with Crippen LogP contribution in [0.3, 0.4) is 0 Å². The zero-order valence-electron chi connectivity index (χ0n) is 13.4. The van der Waals surface area contributed by atoms with Crippen molar-refractivity contribution in [1.29, 1.82) is 0 Å². The summed E-state index contributed by atoms with van der Waals surface area (Å²) in [5.74, 6) is 0.996. The Bertz CT molecular complexity index is 447. The molecule has 4 heteroatoms. The van der Waals surface area contributed by atoms with Crippen molar-refractivity contribution in [2.45, 2.75) is 38.5 Å². The summed E-state index contributed by atoms with van der Waals surface area (Å²) in [6.45, 7) is 5.72. The molecule has 1 aliphatic heterocycles. The third-order valence-electron chi connectivity index (χ3n) is 4.57. The highest BCUT2D eigenvalue weighted by Crippen LogP contribution is 2.25. The van der Waals surface area contributed by atoms with Crippen molar-refractivity contribution in [2.75, 3.05) is 39.5 Å². The Morgan fingerprint density at radius 2 is 1.68 bits per heavy atom. The third kappa shape index (κ3) is 5.15. The van der Waals surface area contributed by atoms with Gasteiger partial charge in [0.05, 0.1) is 13.2 Å². The number of piperidine rings is 1. The molecule has 1 saturated heterocycles. The molecule has 0 atom stereocenters. The number of fused-ring (bicyclic) bond motifs is 1. The normalized spacial score (nSPS) is 17.8. The number of nitrogens with zero attached hydrogens (tertiary/aromatic N) is 1. The minimum absolute atomic E-state index is 0. The van der Waals surface area contributed by atoms with Crippen molar-refractivity contribution < 1.29 is 9.47 Å². The molecule has 1 fully saturated rings. The Labute approximate surface area is 140 Å². The van der Waals surface area contributed by atoms with E-state index < -0.39 is 0 Å². The second kappa shape index (κ2) is 9.39. The quantitative estimate of drug-likeness (QED) is 0.716. The number of hydrogen-bond donors (Lipinski definition) is 0. The molecule has 0 spiro atoms. The third-order valence-corrected chi connectivity index (χ3v) is 4.57. The molecular weight excluding hydrogens is 298 g/mol. The molecule has 1 aromatic rings. The maximum absolute atomic E-state index is 5.78. The summed E-state index contributed by atoms with van der Waals surface area (Å²) < 4.78 is 11.5. The van der Waals surface area contributed by atoms with Gasteiger partial charge in [-0.3, -0.25) is 0 Å². The average Bonchev–Trinajstić information content (AvgIpc) is 2.99. The lowest BCUT2D eigenvalue weighted by Crippen LogP contribution is -2.32. The lowest BCUT2D eigenvalue weighted by atomic mass is 10.1. The molecule has 0 unspecified atom stereocenters. The molecule has 1 aliphatic carbocycles. The number of benzene rings is 1. The fourth-order valence-electron chi connectivity index (χ4n) is 3.34. The highest BCUT2D eigenvalue weighted by molar-refractivity contribution is 5.85. The van der Waals surface area contributed by atoms with Gasteiger partial charge in [-0.15, -0.1) is 12.4 Å². The highest BCUT2D eigenvalue weighted by atomic mass is 35.5. The molecule has 3 nitrogen and oxygen atoms in total. The smallest absolute Gasteiger partial charge is 0.119 e. The van der Waals surface area contributed by atoms with Crippen molar-refractivity contribution in [3.8, 4) is 5.75 Å². The maximum Gasteiger partial charge on any atom is 0.119 e. The summed E-state index contributed by atoms with van der Waals surface area (Å²) in [5, 5.41) is 0. The Morgan fingerprint density at radius 1 is 0.864 bits per heavy atom. The van der Waals surface area contributed by atoms with Crippen LogP contribution in [0.4, 0.5) is 0 Å². The summed E-state index contributed by atoms with van der Waals surface area (Å²) >= 11 is 0. The van der Waals surface area contributed by atoms with Gasteiger partial charge < -0.3 is 14.4 Å². The van der Waals surface area contributed by atoms with Gasteiger partial charge in [0.1, 0.15) is 12.4 Å². The molecule has 2 aliphatic rings. The first-order valence-electron chi connectivity index (χ1n) is 8.46. The van der Waals surface area contributed by atoms with Crippen molar-refractivity contribution in [3.05, 3.63) is 29.3 Å². The number of halogens is 1. The van der Waals surface area contributed by atoms with Crippen LogP contribution in [0.1, 0.15) is 36.8 Å². The molecule has 1 aromatic carbocycles. The predicted molar refractivity (Wildman–Crippen MR) is 92.3 cm³/mol. The summed E-state index contributed by atoms with van der Waals surface area (Å²) in [6.07, 6.45) is 7.82. The van der Waals surface area contributed by atoms with E-state index in [2.05, 4.69) is 23.1 Å². The zero-order chi connectivity index (χ0) is 14.3. The van der Waals surface area contributed by atoms with E-state index in [-0.39, 0.29) is 12.4 Å². The number of aryl methyl sites for hydroxylation is 2. The van der Waals surface area contributed by atoms with Crippen LogP contribution in [-0.4, -0.2) is 44.4 Å². The van der Waals surface area contributed by atoms with Crippen LogP contribution in [0.25, 0.3) is 0 Å². The fourth-order valence-corrected chi connectivity index (χ4v) is 3.34. The van der Waals surface area contributed by atoms with Gasteiger partial charge in [0.15, 0.2) is 0 Å². The monoisotopic (exact) mass is 325 g/mol. The Balaban J connectivity index is 0.00000176. The van der Waals surface area contributed by atoms with Gasteiger partial charge in [-0.1, -0.05) is 12.5 Å². The van der Waals surface area contributed by atoms with E-state index in [4.69, 9.17) is 9.47 Å². The molecule has 22 heavy (non-hydrogen) atoms. The molecule has 0 saturated carbocycles. The van der Waals surface area contributed by atoms with E-state index in [0.29, 0.717) is 13.2 Å². The number of hydrogen-bond acceptors (Lipinski definition) is 3. The molecule has 0 N–H and O–H groups in total. The predicted octanol–water partition coefficient (Wildman–Crippen LogP) is 3.48. The van der Waals surface area contributed by atoms with Crippen molar-refractivity contribution in [3.63, 3.8) is 0 Å². The standard InChI is InChI=1S/C18H27NO2.ClH/c1-2-9-19(10-3-1)11-12-20-13-14-21-18-8-7-16-5-4-6-17(16)15-18;/h7-8,15H,1-6,9-14H2;1H. The zero-order valence-corrected chi connectivity index (χ0v) is 14.2. The first-order valence-corrected chi connectivity index (χ1v) is 8.46. The Kier molecular flexibility index (Phi) is 7.50. The van der Waals surface area contributed by atoms with E-state index in [9.17, 15) is 0 Å². The topological polar surface area (TPSA) is 21.7 Å². The molecule has 0 radical (unpaired) electrons. The Hall–Kier alpha value is -0.770. The van der Waals surface area contributed by atoms with E-state index in [1.807, 2.05) is 0 Å². The molecule has 3 rings (SSSR count). The first kappa shape index (κ1) is 17.6. The fraction of sp³-hybridized carbons (Fsp3) is 0.667. The molecule has 0 bridgehead atoms. The average molecular weight is 326 g/mol. The van der Waals surface area contributed by atoms with Crippen molar-refractivity contribution in [1.82, 2.24) is 4.90 Å². The van der Waals surface area contributed by atoms with Crippen molar-refractivity contribution >= 4 is 12.4 Å². The summed E-state index contributed by atoms with van der Waals surface area (Å²) in [4.78, 5) is 2.50. The first-order chi connectivity index (χ1) is 10.4. The molecule has 0 aromatic heterocycles. The summed E-state index contributed by atoms with van der Waals surface area (Å²) in [7, 11) is 0. The molecule has 1 heterocycles. The minimum Gasteiger partial charge on any atom is -0.491 e. The van der Waals surface area contributed by atoms with Crippen LogP contribution < -0.4 is 4.74 Å². The second-order valence-corrected chi connectivity index (χ2v) is 6.15. The largest absolute Gasteiger partial charge is 0.491 e. The van der Waals surface area contributed by atoms with E-state index >= 15 is 0 Å². The highest BCUT2D eigenvalue weighted by Gasteiger charge is 2.11. The summed E-state index contributed by atoms with van der Waals surface area (Å²) in [6, 6.07) is 6.52.